The first kappa shape index (κ1) is 25.7. The quantitative estimate of drug-likeness (QED) is 0.319. The topological polar surface area (TPSA) is 71.2 Å². The maximum Gasteiger partial charge on any atom is 0.146 e. The van der Waals surface area contributed by atoms with E-state index in [2.05, 4.69) is 90.7 Å². The summed E-state index contributed by atoms with van der Waals surface area (Å²) in [5, 5.41) is 31.7. The largest absolute Gasteiger partial charge is 0.507 e. The first-order chi connectivity index (χ1) is 16.6. The SMILES string of the molecule is CC(C)(C)c1cc(Cc2cc(C(C)(C)C)c(O)c(C(C)(C)C)c2)cc(-n2nc3ccccc3n2)c1O. The average Bonchev–Trinajstić information content (AvgIpc) is 3.17. The second-order valence-electron chi connectivity index (χ2n) is 13.0. The number of phenols is 2. The van der Waals surface area contributed by atoms with Gasteiger partial charge in [0.2, 0.25) is 0 Å². The molecule has 0 fully saturated rings. The summed E-state index contributed by atoms with van der Waals surface area (Å²) in [4.78, 5) is 1.54. The number of rotatable bonds is 3. The molecule has 1 heterocycles. The molecule has 0 aliphatic rings. The molecule has 0 radical (unpaired) electrons. The molecule has 0 aliphatic carbocycles. The zero-order chi connectivity index (χ0) is 26.6. The van der Waals surface area contributed by atoms with E-state index in [1.165, 1.54) is 4.80 Å². The van der Waals surface area contributed by atoms with Crippen LogP contribution in [-0.2, 0) is 22.7 Å². The molecule has 0 amide bonds. The lowest BCUT2D eigenvalue weighted by Crippen LogP contribution is -2.18. The Morgan fingerprint density at radius 2 is 1.00 bits per heavy atom. The number of benzene rings is 3. The standard InChI is InChI=1S/C31H39N3O2/c1-29(2,3)21-15-19(16-22(27(21)35)30(4,5)6)14-20-17-23(31(7,8)9)28(36)26(18-20)34-32-24-12-10-11-13-25(24)33-34/h10-13,15-18,35-36H,14H2,1-9H3. The first-order valence-electron chi connectivity index (χ1n) is 12.6. The maximum atomic E-state index is 11.3. The van der Waals surface area contributed by atoms with Crippen LogP contribution < -0.4 is 0 Å². The van der Waals surface area contributed by atoms with Crippen molar-refractivity contribution < 1.29 is 10.2 Å². The maximum absolute atomic E-state index is 11.3. The van der Waals surface area contributed by atoms with Gasteiger partial charge in [-0.2, -0.15) is 0 Å². The molecule has 0 atom stereocenters. The Balaban J connectivity index is 1.90. The van der Waals surface area contributed by atoms with Gasteiger partial charge in [-0.05, 0) is 63.1 Å². The fraction of sp³-hybridized carbons (Fsp3) is 0.419. The van der Waals surface area contributed by atoms with E-state index < -0.39 is 0 Å². The van der Waals surface area contributed by atoms with Crippen molar-refractivity contribution in [2.24, 2.45) is 0 Å². The van der Waals surface area contributed by atoms with Crippen molar-refractivity contribution in [1.82, 2.24) is 15.0 Å². The van der Waals surface area contributed by atoms with E-state index in [1.54, 1.807) is 0 Å². The van der Waals surface area contributed by atoms with Gasteiger partial charge >= 0.3 is 0 Å². The van der Waals surface area contributed by atoms with Crippen LogP contribution in [0.5, 0.6) is 11.5 Å². The highest BCUT2D eigenvalue weighted by Crippen LogP contribution is 2.41. The van der Waals surface area contributed by atoms with Crippen molar-refractivity contribution in [2.75, 3.05) is 0 Å². The van der Waals surface area contributed by atoms with Gasteiger partial charge in [0, 0.05) is 5.56 Å². The molecule has 0 spiro atoms. The summed E-state index contributed by atoms with van der Waals surface area (Å²) >= 11 is 0. The summed E-state index contributed by atoms with van der Waals surface area (Å²) in [6.07, 6.45) is 0.656. The number of aromatic nitrogens is 3. The zero-order valence-corrected chi connectivity index (χ0v) is 23.1. The van der Waals surface area contributed by atoms with Crippen molar-refractivity contribution >= 4 is 11.0 Å². The minimum absolute atomic E-state index is 0.197. The van der Waals surface area contributed by atoms with E-state index >= 15 is 0 Å². The Morgan fingerprint density at radius 3 is 1.42 bits per heavy atom. The number of fused-ring (bicyclic) bond motifs is 1. The Labute approximate surface area is 214 Å². The van der Waals surface area contributed by atoms with Crippen molar-refractivity contribution in [3.63, 3.8) is 0 Å². The number of aromatic hydroxyl groups is 2. The summed E-state index contributed by atoms with van der Waals surface area (Å²) in [6.45, 7) is 19.1. The minimum atomic E-state index is -0.274. The number of hydrogen-bond acceptors (Lipinski definition) is 4. The molecule has 5 nitrogen and oxygen atoms in total. The molecule has 0 bridgehead atoms. The lowest BCUT2D eigenvalue weighted by Gasteiger charge is -2.28. The van der Waals surface area contributed by atoms with Crippen LogP contribution in [0, 0.1) is 0 Å². The Morgan fingerprint density at radius 1 is 0.611 bits per heavy atom. The highest BCUT2D eigenvalue weighted by Gasteiger charge is 2.27. The highest BCUT2D eigenvalue weighted by atomic mass is 16.3. The normalized spacial score (nSPS) is 12.9. The summed E-state index contributed by atoms with van der Waals surface area (Å²) in [5.41, 5.74) is 6.37. The highest BCUT2D eigenvalue weighted by molar-refractivity contribution is 5.74. The lowest BCUT2D eigenvalue weighted by molar-refractivity contribution is 0.423. The van der Waals surface area contributed by atoms with Crippen LogP contribution in [0.1, 0.15) is 90.1 Å². The van der Waals surface area contributed by atoms with E-state index in [4.69, 9.17) is 0 Å². The van der Waals surface area contributed by atoms with Gasteiger partial charge in [-0.15, -0.1) is 15.0 Å². The van der Waals surface area contributed by atoms with Crippen molar-refractivity contribution in [2.45, 2.75) is 85.0 Å². The van der Waals surface area contributed by atoms with Crippen LogP contribution in [0.2, 0.25) is 0 Å². The summed E-state index contributed by atoms with van der Waals surface area (Å²) in [5.74, 6) is 0.580. The molecule has 4 rings (SSSR count). The predicted octanol–water partition coefficient (Wildman–Crippen LogP) is 7.32. The fourth-order valence-corrected chi connectivity index (χ4v) is 4.65. The molecule has 2 N–H and O–H groups in total. The van der Waals surface area contributed by atoms with Crippen molar-refractivity contribution in [1.29, 1.82) is 0 Å². The van der Waals surface area contributed by atoms with Crippen LogP contribution in [0.15, 0.2) is 48.5 Å². The van der Waals surface area contributed by atoms with Gasteiger partial charge in [-0.25, -0.2) is 0 Å². The summed E-state index contributed by atoms with van der Waals surface area (Å²) < 4.78 is 0. The lowest BCUT2D eigenvalue weighted by atomic mass is 9.77. The van der Waals surface area contributed by atoms with Gasteiger partial charge < -0.3 is 10.2 Å². The number of nitrogens with zero attached hydrogens (tertiary/aromatic N) is 3. The monoisotopic (exact) mass is 485 g/mol. The van der Waals surface area contributed by atoms with Crippen LogP contribution in [0.4, 0.5) is 0 Å². The van der Waals surface area contributed by atoms with Crippen LogP contribution in [0.25, 0.3) is 16.7 Å². The number of hydrogen-bond donors (Lipinski definition) is 2. The molecule has 4 aromatic rings. The molecular weight excluding hydrogens is 446 g/mol. The molecule has 0 saturated carbocycles. The molecule has 0 saturated heterocycles. The van der Waals surface area contributed by atoms with E-state index in [-0.39, 0.29) is 22.0 Å². The molecule has 0 aliphatic heterocycles. The molecule has 1 aromatic heterocycles. The molecular formula is C31H39N3O2. The van der Waals surface area contributed by atoms with Gasteiger partial charge in [0.1, 0.15) is 28.2 Å². The number of phenolic OH excluding ortho intramolecular Hbond substituents is 2. The molecule has 0 unspecified atom stereocenters. The van der Waals surface area contributed by atoms with Gasteiger partial charge in [-0.1, -0.05) is 92.6 Å². The van der Waals surface area contributed by atoms with Crippen LogP contribution in [-0.4, -0.2) is 25.2 Å². The molecule has 5 heteroatoms. The second-order valence-corrected chi connectivity index (χ2v) is 13.0. The van der Waals surface area contributed by atoms with Gasteiger partial charge in [0.05, 0.1) is 0 Å². The Hall–Kier alpha value is -3.34. The minimum Gasteiger partial charge on any atom is -0.507 e. The van der Waals surface area contributed by atoms with Gasteiger partial charge in [0.25, 0.3) is 0 Å². The fourth-order valence-electron chi connectivity index (χ4n) is 4.65. The van der Waals surface area contributed by atoms with Gasteiger partial charge in [-0.3, -0.25) is 0 Å². The van der Waals surface area contributed by atoms with Crippen LogP contribution in [0.3, 0.4) is 0 Å². The second kappa shape index (κ2) is 8.65. The summed E-state index contributed by atoms with van der Waals surface area (Å²) in [7, 11) is 0. The average molecular weight is 486 g/mol. The van der Waals surface area contributed by atoms with E-state index in [1.807, 2.05) is 30.3 Å². The molecule has 190 valence electrons. The third-order valence-corrected chi connectivity index (χ3v) is 6.65. The first-order valence-corrected chi connectivity index (χ1v) is 12.6. The van der Waals surface area contributed by atoms with Gasteiger partial charge in [0.15, 0.2) is 0 Å². The predicted molar refractivity (Wildman–Crippen MR) is 148 cm³/mol. The summed E-state index contributed by atoms with van der Waals surface area (Å²) in [6, 6.07) is 16.0. The van der Waals surface area contributed by atoms with Crippen molar-refractivity contribution in [3.8, 4) is 17.2 Å². The zero-order valence-electron chi connectivity index (χ0n) is 23.1. The van der Waals surface area contributed by atoms with Crippen LogP contribution >= 0.6 is 0 Å². The van der Waals surface area contributed by atoms with E-state index in [0.717, 1.165) is 38.9 Å². The Kier molecular flexibility index (Phi) is 6.19. The van der Waals surface area contributed by atoms with E-state index in [9.17, 15) is 10.2 Å². The van der Waals surface area contributed by atoms with E-state index in [0.29, 0.717) is 17.9 Å². The Bertz CT molecular complexity index is 1360. The molecule has 36 heavy (non-hydrogen) atoms. The third kappa shape index (κ3) is 4.97. The third-order valence-electron chi connectivity index (χ3n) is 6.65. The van der Waals surface area contributed by atoms with Crippen molar-refractivity contribution in [3.05, 3.63) is 76.3 Å². The molecule has 3 aromatic carbocycles. The smallest absolute Gasteiger partial charge is 0.146 e.